The third-order valence-electron chi connectivity index (χ3n) is 6.83. The number of nitrogens with one attached hydrogen (secondary N) is 4. The Morgan fingerprint density at radius 3 is 2.18 bits per heavy atom. The van der Waals surface area contributed by atoms with Crippen LogP contribution < -0.4 is 26.3 Å². The number of carbonyl (C=O) groups is 2. The van der Waals surface area contributed by atoms with Crippen molar-refractivity contribution in [1.29, 1.82) is 0 Å². The van der Waals surface area contributed by atoms with E-state index in [0.29, 0.717) is 34.9 Å². The fraction of sp³-hybridized carbons (Fsp3) is 0.241. The maximum atomic E-state index is 14.8. The Morgan fingerprint density at radius 1 is 0.897 bits per heavy atom. The molecule has 0 saturated carbocycles. The van der Waals surface area contributed by atoms with Gasteiger partial charge in [-0.15, -0.1) is 0 Å². The van der Waals surface area contributed by atoms with Gasteiger partial charge in [0.1, 0.15) is 11.5 Å². The van der Waals surface area contributed by atoms with E-state index in [1.807, 2.05) is 12.1 Å². The molecule has 202 valence electrons. The van der Waals surface area contributed by atoms with Gasteiger partial charge in [-0.1, -0.05) is 0 Å². The molecule has 1 saturated heterocycles. The third kappa shape index (κ3) is 6.36. The zero-order chi connectivity index (χ0) is 27.4. The summed E-state index contributed by atoms with van der Waals surface area (Å²) in [5.41, 5.74) is 6.90. The number of benzene rings is 3. The number of anilines is 5. The molecule has 0 spiro atoms. The van der Waals surface area contributed by atoms with E-state index in [2.05, 4.69) is 26.3 Å². The van der Waals surface area contributed by atoms with Gasteiger partial charge in [-0.3, -0.25) is 9.59 Å². The van der Waals surface area contributed by atoms with Crippen molar-refractivity contribution < 1.29 is 19.1 Å². The van der Waals surface area contributed by atoms with Gasteiger partial charge in [-0.2, -0.15) is 0 Å². The smallest absolute Gasteiger partial charge is 0.273 e. The Hall–Kier alpha value is -4.41. The number of amides is 2. The molecule has 0 bridgehead atoms. The van der Waals surface area contributed by atoms with Crippen LogP contribution in [0.3, 0.4) is 0 Å². The number of aliphatic hydroxyl groups is 1. The summed E-state index contributed by atoms with van der Waals surface area (Å²) in [7, 11) is 1.78. The normalized spacial score (nSPS) is 15.6. The van der Waals surface area contributed by atoms with Crippen LogP contribution in [0, 0.1) is 5.82 Å². The Kier molecular flexibility index (Phi) is 7.76. The standard InChI is InChI=1S/C29H31FN6O3/c1-35-27(12-15-31-35)29(39)33-21-6-4-20(5-7-21)32-26-11-8-22(18-25(26)30)34-28(38)19-2-9-23(10-3-19)36-16-13-24(37)14-17-36/h2-12,18,24,31-32,37H,13-17H2,1H3,(H,33,39)(H,34,38). The van der Waals surface area contributed by atoms with Crippen LogP contribution in [0.2, 0.25) is 0 Å². The minimum absolute atomic E-state index is 0.217. The Labute approximate surface area is 226 Å². The van der Waals surface area contributed by atoms with Gasteiger partial charge < -0.3 is 31.0 Å². The molecule has 0 aliphatic carbocycles. The van der Waals surface area contributed by atoms with Crippen LogP contribution in [0.5, 0.6) is 0 Å². The number of hydrazine groups is 1. The van der Waals surface area contributed by atoms with Crippen molar-refractivity contribution in [2.75, 3.05) is 47.5 Å². The van der Waals surface area contributed by atoms with Crippen molar-refractivity contribution in [1.82, 2.24) is 10.4 Å². The molecule has 3 aromatic carbocycles. The summed E-state index contributed by atoms with van der Waals surface area (Å²) in [5.74, 6) is -1.06. The lowest BCUT2D eigenvalue weighted by Crippen LogP contribution is -2.35. The zero-order valence-electron chi connectivity index (χ0n) is 21.6. The van der Waals surface area contributed by atoms with Crippen molar-refractivity contribution in [3.05, 3.63) is 89.9 Å². The largest absolute Gasteiger partial charge is 0.393 e. The van der Waals surface area contributed by atoms with Gasteiger partial charge in [0.15, 0.2) is 0 Å². The lowest BCUT2D eigenvalue weighted by molar-refractivity contribution is -0.114. The second-order valence-corrected chi connectivity index (χ2v) is 9.58. The molecule has 0 radical (unpaired) electrons. The summed E-state index contributed by atoms with van der Waals surface area (Å²) in [6.45, 7) is 2.16. The quantitative estimate of drug-likeness (QED) is 0.314. The highest BCUT2D eigenvalue weighted by Crippen LogP contribution is 2.25. The highest BCUT2D eigenvalue weighted by atomic mass is 19.1. The SMILES string of the molecule is CN1NCC=C1C(=O)Nc1ccc(Nc2ccc(NC(=O)c3ccc(N4CCC(O)CC4)cc3)cc2F)cc1. The zero-order valence-corrected chi connectivity index (χ0v) is 21.6. The predicted molar refractivity (Wildman–Crippen MR) is 150 cm³/mol. The van der Waals surface area contributed by atoms with Crippen molar-refractivity contribution in [3.63, 3.8) is 0 Å². The van der Waals surface area contributed by atoms with E-state index in [1.165, 1.54) is 6.07 Å². The minimum atomic E-state index is -0.517. The molecule has 3 aromatic rings. The molecular weight excluding hydrogens is 499 g/mol. The summed E-state index contributed by atoms with van der Waals surface area (Å²) in [6, 6.07) is 18.7. The van der Waals surface area contributed by atoms with Crippen molar-refractivity contribution >= 4 is 40.3 Å². The van der Waals surface area contributed by atoms with Crippen LogP contribution in [0.15, 0.2) is 78.5 Å². The van der Waals surface area contributed by atoms with Crippen LogP contribution in [0.4, 0.5) is 32.8 Å². The monoisotopic (exact) mass is 530 g/mol. The maximum Gasteiger partial charge on any atom is 0.273 e. The molecule has 1 fully saturated rings. The number of hydrogen-bond donors (Lipinski definition) is 5. The number of aliphatic hydroxyl groups excluding tert-OH is 1. The summed E-state index contributed by atoms with van der Waals surface area (Å²) >= 11 is 0. The summed E-state index contributed by atoms with van der Waals surface area (Å²) in [6.07, 6.45) is 3.03. The molecule has 0 unspecified atom stereocenters. The van der Waals surface area contributed by atoms with Gasteiger partial charge in [0.05, 0.1) is 11.8 Å². The molecule has 0 atom stereocenters. The highest BCUT2D eigenvalue weighted by Gasteiger charge is 2.19. The first kappa shape index (κ1) is 26.2. The number of halogens is 1. The van der Waals surface area contributed by atoms with Crippen LogP contribution >= 0.6 is 0 Å². The van der Waals surface area contributed by atoms with Gasteiger partial charge in [-0.05, 0) is 85.6 Å². The third-order valence-corrected chi connectivity index (χ3v) is 6.83. The van der Waals surface area contributed by atoms with Crippen LogP contribution in [-0.4, -0.2) is 54.7 Å². The average Bonchev–Trinajstić information content (AvgIpc) is 3.38. The highest BCUT2D eigenvalue weighted by molar-refractivity contribution is 6.04. The number of carbonyl (C=O) groups excluding carboxylic acids is 2. The minimum Gasteiger partial charge on any atom is -0.393 e. The second-order valence-electron chi connectivity index (χ2n) is 9.58. The van der Waals surface area contributed by atoms with Gasteiger partial charge in [0, 0.05) is 55.0 Å². The molecule has 2 aliphatic heterocycles. The molecule has 5 rings (SSSR count). The van der Waals surface area contributed by atoms with E-state index < -0.39 is 5.82 Å². The molecular formula is C29H31FN6O3. The van der Waals surface area contributed by atoms with Crippen molar-refractivity contribution in [2.45, 2.75) is 18.9 Å². The second kappa shape index (κ2) is 11.5. The number of piperidine rings is 1. The molecule has 2 heterocycles. The van der Waals surface area contributed by atoms with Gasteiger partial charge >= 0.3 is 0 Å². The van der Waals surface area contributed by atoms with Gasteiger partial charge in [-0.25, -0.2) is 9.82 Å². The Balaban J connectivity index is 1.16. The van der Waals surface area contributed by atoms with E-state index in [0.717, 1.165) is 31.6 Å². The fourth-order valence-electron chi connectivity index (χ4n) is 4.58. The van der Waals surface area contributed by atoms with Gasteiger partial charge in [0.25, 0.3) is 11.8 Å². The average molecular weight is 531 g/mol. The molecule has 39 heavy (non-hydrogen) atoms. The summed E-state index contributed by atoms with van der Waals surface area (Å²) in [5, 5.41) is 19.9. The van der Waals surface area contributed by atoms with E-state index >= 15 is 0 Å². The first-order valence-corrected chi connectivity index (χ1v) is 12.9. The van der Waals surface area contributed by atoms with E-state index in [1.54, 1.807) is 66.7 Å². The van der Waals surface area contributed by atoms with Crippen molar-refractivity contribution in [3.8, 4) is 0 Å². The molecule has 9 nitrogen and oxygen atoms in total. The van der Waals surface area contributed by atoms with E-state index in [9.17, 15) is 19.1 Å². The fourth-order valence-corrected chi connectivity index (χ4v) is 4.58. The summed E-state index contributed by atoms with van der Waals surface area (Å²) in [4.78, 5) is 27.3. The molecule has 0 aromatic heterocycles. The van der Waals surface area contributed by atoms with Crippen LogP contribution in [0.1, 0.15) is 23.2 Å². The number of nitrogens with zero attached hydrogens (tertiary/aromatic N) is 2. The van der Waals surface area contributed by atoms with E-state index in [-0.39, 0.29) is 23.6 Å². The maximum absolute atomic E-state index is 14.8. The predicted octanol–water partition coefficient (Wildman–Crippen LogP) is 4.06. The van der Waals surface area contributed by atoms with Gasteiger partial charge in [0.2, 0.25) is 0 Å². The lowest BCUT2D eigenvalue weighted by Gasteiger charge is -2.31. The molecule has 2 amide bonds. The first-order valence-electron chi connectivity index (χ1n) is 12.9. The first-order chi connectivity index (χ1) is 18.9. The number of hydrogen-bond acceptors (Lipinski definition) is 7. The molecule has 10 heteroatoms. The van der Waals surface area contributed by atoms with Crippen molar-refractivity contribution in [2.24, 2.45) is 0 Å². The topological polar surface area (TPSA) is 109 Å². The van der Waals surface area contributed by atoms with E-state index in [4.69, 9.17) is 0 Å². The lowest BCUT2D eigenvalue weighted by atomic mass is 10.1. The molecule has 5 N–H and O–H groups in total. The van der Waals surface area contributed by atoms with Crippen LogP contribution in [-0.2, 0) is 4.79 Å². The number of rotatable bonds is 7. The summed E-state index contributed by atoms with van der Waals surface area (Å²) < 4.78 is 14.8. The van der Waals surface area contributed by atoms with Crippen LogP contribution in [0.25, 0.3) is 0 Å². The number of likely N-dealkylation sites (N-methyl/N-ethyl adjacent to an activating group) is 1. The molecule has 2 aliphatic rings. The Morgan fingerprint density at radius 2 is 1.54 bits per heavy atom. The Bertz CT molecular complexity index is 1370.